The highest BCUT2D eigenvalue weighted by Gasteiger charge is 2.29. The average molecular weight is 342 g/mol. The Morgan fingerprint density at radius 1 is 1.35 bits per heavy atom. The van der Waals surface area contributed by atoms with E-state index in [1.54, 1.807) is 13.0 Å². The number of ether oxygens (including phenoxy) is 2. The molecule has 1 fully saturated rings. The Balaban J connectivity index is 2.29. The predicted octanol–water partition coefficient (Wildman–Crippen LogP) is 0.737. The monoisotopic (exact) mass is 342 g/mol. The largest absolute Gasteiger partial charge is 0.495 e. The van der Waals surface area contributed by atoms with Crippen molar-refractivity contribution >= 4 is 33.3 Å². The van der Waals surface area contributed by atoms with Gasteiger partial charge in [-0.2, -0.15) is 0 Å². The second-order valence-corrected chi connectivity index (χ2v) is 6.81. The van der Waals surface area contributed by atoms with Crippen LogP contribution in [0.1, 0.15) is 13.3 Å². The molecule has 1 aliphatic heterocycles. The van der Waals surface area contributed by atoms with Gasteiger partial charge >= 0.3 is 11.9 Å². The van der Waals surface area contributed by atoms with E-state index in [-0.39, 0.29) is 18.0 Å². The zero-order valence-electron chi connectivity index (χ0n) is 12.9. The van der Waals surface area contributed by atoms with Gasteiger partial charge in [-0.3, -0.25) is 9.10 Å². The van der Waals surface area contributed by atoms with Crippen LogP contribution in [0.15, 0.2) is 18.2 Å². The van der Waals surface area contributed by atoms with Gasteiger partial charge in [0.25, 0.3) is 0 Å². The van der Waals surface area contributed by atoms with Crippen molar-refractivity contribution in [2.75, 3.05) is 35.6 Å². The SMILES string of the molecule is CCOC(=O)C(=O)Nc1cc(N2CCCS2(=O)=O)ccc1OC. The number of hydrogen-bond donors (Lipinski definition) is 1. The van der Waals surface area contributed by atoms with E-state index in [2.05, 4.69) is 10.1 Å². The molecule has 1 aromatic rings. The van der Waals surface area contributed by atoms with Crippen molar-refractivity contribution in [2.24, 2.45) is 0 Å². The summed E-state index contributed by atoms with van der Waals surface area (Å²) in [7, 11) is -1.94. The summed E-state index contributed by atoms with van der Waals surface area (Å²) in [6.07, 6.45) is 0.541. The quantitative estimate of drug-likeness (QED) is 0.639. The molecule has 1 heterocycles. The highest BCUT2D eigenvalue weighted by atomic mass is 32.2. The summed E-state index contributed by atoms with van der Waals surface area (Å²) in [5, 5.41) is 2.38. The van der Waals surface area contributed by atoms with Gasteiger partial charge in [0.2, 0.25) is 10.0 Å². The van der Waals surface area contributed by atoms with Gasteiger partial charge in [-0.25, -0.2) is 13.2 Å². The lowest BCUT2D eigenvalue weighted by molar-refractivity contribution is -0.152. The summed E-state index contributed by atoms with van der Waals surface area (Å²) >= 11 is 0. The van der Waals surface area contributed by atoms with E-state index in [1.807, 2.05) is 0 Å². The maximum Gasteiger partial charge on any atom is 0.397 e. The van der Waals surface area contributed by atoms with Crippen molar-refractivity contribution in [3.05, 3.63) is 18.2 Å². The molecule has 0 aliphatic carbocycles. The summed E-state index contributed by atoms with van der Waals surface area (Å²) in [5.41, 5.74) is 0.604. The number of hydrogen-bond acceptors (Lipinski definition) is 6. The lowest BCUT2D eigenvalue weighted by Gasteiger charge is -2.19. The number of carbonyl (C=O) groups excluding carboxylic acids is 2. The van der Waals surface area contributed by atoms with Crippen molar-refractivity contribution in [2.45, 2.75) is 13.3 Å². The molecule has 0 aromatic heterocycles. The van der Waals surface area contributed by atoms with Gasteiger partial charge < -0.3 is 14.8 Å². The molecule has 0 unspecified atom stereocenters. The minimum absolute atomic E-state index is 0.0788. The number of nitrogens with one attached hydrogen (secondary N) is 1. The summed E-state index contributed by atoms with van der Waals surface area (Å²) in [6, 6.07) is 4.57. The smallest absolute Gasteiger partial charge is 0.397 e. The minimum Gasteiger partial charge on any atom is -0.495 e. The summed E-state index contributed by atoms with van der Waals surface area (Å²) in [4.78, 5) is 23.2. The van der Waals surface area contributed by atoms with Crippen LogP contribution in [-0.2, 0) is 24.3 Å². The molecule has 0 spiro atoms. The molecule has 1 aromatic carbocycles. The molecule has 1 amide bonds. The number of nitrogens with zero attached hydrogens (tertiary/aromatic N) is 1. The topological polar surface area (TPSA) is 102 Å². The molecule has 23 heavy (non-hydrogen) atoms. The number of methoxy groups -OCH3 is 1. The number of carbonyl (C=O) groups is 2. The van der Waals surface area contributed by atoms with E-state index in [0.29, 0.717) is 24.4 Å². The van der Waals surface area contributed by atoms with Crippen LogP contribution < -0.4 is 14.4 Å². The number of rotatable bonds is 4. The minimum atomic E-state index is -3.34. The first kappa shape index (κ1) is 17.1. The first-order chi connectivity index (χ1) is 10.9. The number of anilines is 2. The predicted molar refractivity (Wildman–Crippen MR) is 84.0 cm³/mol. The van der Waals surface area contributed by atoms with Gasteiger partial charge in [-0.15, -0.1) is 0 Å². The molecular weight excluding hydrogens is 324 g/mol. The maximum atomic E-state index is 12.0. The molecule has 0 atom stereocenters. The van der Waals surface area contributed by atoms with E-state index < -0.39 is 21.9 Å². The third kappa shape index (κ3) is 3.73. The molecule has 1 saturated heterocycles. The fourth-order valence-corrected chi connectivity index (χ4v) is 3.80. The van der Waals surface area contributed by atoms with Crippen molar-refractivity contribution in [3.8, 4) is 5.75 Å². The standard InChI is InChI=1S/C14H18N2O6S/c1-3-22-14(18)13(17)15-11-9-10(5-6-12(11)21-2)16-7-4-8-23(16,19)20/h5-6,9H,3-4,7-8H2,1-2H3,(H,15,17). The van der Waals surface area contributed by atoms with Gasteiger partial charge in [-0.05, 0) is 31.5 Å². The van der Waals surface area contributed by atoms with E-state index in [1.165, 1.54) is 23.5 Å². The highest BCUT2D eigenvalue weighted by molar-refractivity contribution is 7.93. The Hall–Kier alpha value is -2.29. The third-order valence-electron chi connectivity index (χ3n) is 3.28. The zero-order chi connectivity index (χ0) is 17.0. The van der Waals surface area contributed by atoms with Crippen molar-refractivity contribution in [1.29, 1.82) is 0 Å². The summed E-state index contributed by atoms with van der Waals surface area (Å²) in [5.74, 6) is -1.58. The van der Waals surface area contributed by atoms with Crippen LogP contribution >= 0.6 is 0 Å². The molecular formula is C14H18N2O6S. The molecule has 0 radical (unpaired) electrons. The fraction of sp³-hybridized carbons (Fsp3) is 0.429. The Bertz CT molecular complexity index is 716. The Labute approximate surface area is 134 Å². The van der Waals surface area contributed by atoms with E-state index in [9.17, 15) is 18.0 Å². The van der Waals surface area contributed by atoms with Crippen LogP contribution in [0.25, 0.3) is 0 Å². The van der Waals surface area contributed by atoms with Crippen LogP contribution in [0.5, 0.6) is 5.75 Å². The van der Waals surface area contributed by atoms with Gasteiger partial charge in [0.05, 0.1) is 30.8 Å². The Morgan fingerprint density at radius 2 is 2.09 bits per heavy atom. The molecule has 2 rings (SSSR count). The van der Waals surface area contributed by atoms with Crippen LogP contribution in [0.2, 0.25) is 0 Å². The van der Waals surface area contributed by atoms with E-state index in [4.69, 9.17) is 4.74 Å². The van der Waals surface area contributed by atoms with Crippen LogP contribution in [0.4, 0.5) is 11.4 Å². The van der Waals surface area contributed by atoms with E-state index in [0.717, 1.165) is 0 Å². The first-order valence-electron chi connectivity index (χ1n) is 7.05. The second-order valence-electron chi connectivity index (χ2n) is 4.80. The van der Waals surface area contributed by atoms with Crippen molar-refractivity contribution < 1.29 is 27.5 Å². The lowest BCUT2D eigenvalue weighted by atomic mass is 10.2. The number of esters is 1. The van der Waals surface area contributed by atoms with E-state index >= 15 is 0 Å². The first-order valence-corrected chi connectivity index (χ1v) is 8.66. The Morgan fingerprint density at radius 3 is 2.65 bits per heavy atom. The Kier molecular flexibility index (Phi) is 5.09. The molecule has 9 heteroatoms. The molecule has 0 saturated carbocycles. The summed E-state index contributed by atoms with van der Waals surface area (Å²) in [6.45, 7) is 2.04. The molecule has 8 nitrogen and oxygen atoms in total. The number of amides is 1. The molecule has 1 aliphatic rings. The number of benzene rings is 1. The van der Waals surface area contributed by atoms with Crippen LogP contribution in [0.3, 0.4) is 0 Å². The van der Waals surface area contributed by atoms with Gasteiger partial charge in [0.15, 0.2) is 0 Å². The number of sulfonamides is 1. The van der Waals surface area contributed by atoms with Gasteiger partial charge in [0, 0.05) is 6.54 Å². The van der Waals surface area contributed by atoms with Crippen molar-refractivity contribution in [3.63, 3.8) is 0 Å². The zero-order valence-corrected chi connectivity index (χ0v) is 13.7. The van der Waals surface area contributed by atoms with Crippen LogP contribution in [-0.4, -0.2) is 46.3 Å². The average Bonchev–Trinajstić information content (AvgIpc) is 2.86. The molecule has 0 bridgehead atoms. The van der Waals surface area contributed by atoms with Crippen molar-refractivity contribution in [1.82, 2.24) is 0 Å². The lowest BCUT2D eigenvalue weighted by Crippen LogP contribution is -2.27. The summed E-state index contributed by atoms with van der Waals surface area (Å²) < 4.78 is 35.0. The maximum absolute atomic E-state index is 12.0. The normalized spacial score (nSPS) is 16.0. The molecule has 1 N–H and O–H groups in total. The van der Waals surface area contributed by atoms with Gasteiger partial charge in [0.1, 0.15) is 5.75 Å². The van der Waals surface area contributed by atoms with Crippen LogP contribution in [0, 0.1) is 0 Å². The second kappa shape index (κ2) is 6.86. The van der Waals surface area contributed by atoms with Gasteiger partial charge in [-0.1, -0.05) is 0 Å². The fourth-order valence-electron chi connectivity index (χ4n) is 2.25. The molecule has 126 valence electrons. The third-order valence-corrected chi connectivity index (χ3v) is 5.15. The highest BCUT2D eigenvalue weighted by Crippen LogP contribution is 2.32.